The summed E-state index contributed by atoms with van der Waals surface area (Å²) in [4.78, 5) is 0. The second-order valence-electron chi connectivity index (χ2n) is 4.42. The first-order chi connectivity index (χ1) is 9.20. The second-order valence-corrected chi connectivity index (χ2v) is 5.28. The number of hydrogen-bond donors (Lipinski definition) is 1. The smallest absolute Gasteiger partial charge is 0.119 e. The molecule has 3 heteroatoms. The van der Waals surface area contributed by atoms with E-state index in [9.17, 15) is 5.11 Å². The van der Waals surface area contributed by atoms with Crippen LogP contribution in [-0.2, 0) is 6.42 Å². The van der Waals surface area contributed by atoms with Crippen LogP contribution >= 0.6 is 15.9 Å². The fourth-order valence-electron chi connectivity index (χ4n) is 2.00. The number of aliphatic hydroxyl groups excluding tert-OH is 1. The molecule has 2 aromatic rings. The van der Waals surface area contributed by atoms with E-state index in [1.54, 1.807) is 7.11 Å². The molecular formula is C16H17BrO2. The summed E-state index contributed by atoms with van der Waals surface area (Å²) in [6, 6.07) is 15.6. The van der Waals surface area contributed by atoms with Crippen LogP contribution in [-0.4, -0.2) is 12.2 Å². The van der Waals surface area contributed by atoms with Crippen molar-refractivity contribution in [3.63, 3.8) is 0 Å². The summed E-state index contributed by atoms with van der Waals surface area (Å²) in [5.41, 5.74) is 2.11. The van der Waals surface area contributed by atoms with E-state index in [-0.39, 0.29) is 0 Å². The number of benzene rings is 2. The van der Waals surface area contributed by atoms with Gasteiger partial charge in [0, 0.05) is 4.47 Å². The normalized spacial score (nSPS) is 12.2. The fraction of sp³-hybridized carbons (Fsp3) is 0.250. The molecule has 0 aliphatic heterocycles. The Morgan fingerprint density at radius 3 is 2.58 bits per heavy atom. The van der Waals surface area contributed by atoms with E-state index >= 15 is 0 Å². The summed E-state index contributed by atoms with van der Waals surface area (Å²) in [6.45, 7) is 0. The molecule has 0 radical (unpaired) electrons. The largest absolute Gasteiger partial charge is 0.497 e. The lowest BCUT2D eigenvalue weighted by molar-refractivity contribution is 0.168. The lowest BCUT2D eigenvalue weighted by Gasteiger charge is -2.12. The van der Waals surface area contributed by atoms with Gasteiger partial charge in [0.1, 0.15) is 5.75 Å². The average Bonchev–Trinajstić information content (AvgIpc) is 2.47. The average molecular weight is 321 g/mol. The van der Waals surface area contributed by atoms with Gasteiger partial charge in [0.05, 0.1) is 13.2 Å². The van der Waals surface area contributed by atoms with Crippen LogP contribution in [0.5, 0.6) is 5.75 Å². The van der Waals surface area contributed by atoms with Crippen LogP contribution in [0.15, 0.2) is 53.0 Å². The molecule has 0 fully saturated rings. The fourth-order valence-corrected chi connectivity index (χ4v) is 2.45. The molecule has 0 aliphatic rings. The maximum absolute atomic E-state index is 10.2. The molecule has 1 unspecified atom stereocenters. The zero-order chi connectivity index (χ0) is 13.7. The van der Waals surface area contributed by atoms with Gasteiger partial charge in [-0.1, -0.05) is 46.3 Å². The predicted molar refractivity (Wildman–Crippen MR) is 80.4 cm³/mol. The van der Waals surface area contributed by atoms with Crippen LogP contribution in [0.4, 0.5) is 0 Å². The van der Waals surface area contributed by atoms with Gasteiger partial charge in [0.2, 0.25) is 0 Å². The van der Waals surface area contributed by atoms with Crippen molar-refractivity contribution in [3.05, 3.63) is 64.1 Å². The summed E-state index contributed by atoms with van der Waals surface area (Å²) in [5, 5.41) is 10.2. The van der Waals surface area contributed by atoms with Crippen molar-refractivity contribution < 1.29 is 9.84 Å². The first-order valence-electron chi connectivity index (χ1n) is 6.26. The van der Waals surface area contributed by atoms with Crippen LogP contribution in [0.3, 0.4) is 0 Å². The molecule has 0 spiro atoms. The lowest BCUT2D eigenvalue weighted by atomic mass is 10.0. The third-order valence-electron chi connectivity index (χ3n) is 3.12. The monoisotopic (exact) mass is 320 g/mol. The quantitative estimate of drug-likeness (QED) is 0.897. The summed E-state index contributed by atoms with van der Waals surface area (Å²) >= 11 is 3.53. The van der Waals surface area contributed by atoms with Gasteiger partial charge in [0.25, 0.3) is 0 Å². The maximum Gasteiger partial charge on any atom is 0.119 e. The Kier molecular flexibility index (Phi) is 5.00. The van der Waals surface area contributed by atoms with Gasteiger partial charge in [-0.05, 0) is 42.2 Å². The van der Waals surface area contributed by atoms with E-state index in [4.69, 9.17) is 4.74 Å². The van der Waals surface area contributed by atoms with Gasteiger partial charge < -0.3 is 9.84 Å². The Morgan fingerprint density at radius 2 is 1.89 bits per heavy atom. The van der Waals surface area contributed by atoms with E-state index < -0.39 is 6.10 Å². The van der Waals surface area contributed by atoms with Crippen molar-refractivity contribution in [2.75, 3.05) is 7.11 Å². The number of aliphatic hydroxyl groups is 1. The predicted octanol–water partition coefficient (Wildman–Crippen LogP) is 4.12. The van der Waals surface area contributed by atoms with Gasteiger partial charge in [-0.2, -0.15) is 0 Å². The lowest BCUT2D eigenvalue weighted by Crippen LogP contribution is -2.00. The summed E-state index contributed by atoms with van der Waals surface area (Å²) < 4.78 is 6.27. The molecular weight excluding hydrogens is 304 g/mol. The Labute approximate surface area is 122 Å². The van der Waals surface area contributed by atoms with Gasteiger partial charge in [-0.3, -0.25) is 0 Å². The molecule has 0 bridgehead atoms. The Morgan fingerprint density at radius 1 is 1.16 bits per heavy atom. The van der Waals surface area contributed by atoms with Crippen molar-refractivity contribution in [2.45, 2.75) is 18.9 Å². The Balaban J connectivity index is 2.02. The van der Waals surface area contributed by atoms with Crippen LogP contribution < -0.4 is 4.74 Å². The first kappa shape index (κ1) is 14.1. The number of rotatable bonds is 5. The number of aryl methyl sites for hydroxylation is 1. The van der Waals surface area contributed by atoms with Crippen molar-refractivity contribution in [3.8, 4) is 5.75 Å². The minimum atomic E-state index is -0.431. The molecule has 0 aliphatic carbocycles. The SMILES string of the molecule is COc1ccc(Br)c(CCC(O)c2ccccc2)c1. The van der Waals surface area contributed by atoms with Crippen molar-refractivity contribution in [2.24, 2.45) is 0 Å². The third-order valence-corrected chi connectivity index (χ3v) is 3.90. The maximum atomic E-state index is 10.2. The minimum Gasteiger partial charge on any atom is -0.497 e. The van der Waals surface area contributed by atoms with Gasteiger partial charge >= 0.3 is 0 Å². The van der Waals surface area contributed by atoms with Gasteiger partial charge in [-0.25, -0.2) is 0 Å². The molecule has 0 saturated carbocycles. The highest BCUT2D eigenvalue weighted by molar-refractivity contribution is 9.10. The van der Waals surface area contributed by atoms with Gasteiger partial charge in [0.15, 0.2) is 0 Å². The highest BCUT2D eigenvalue weighted by atomic mass is 79.9. The third kappa shape index (κ3) is 3.82. The van der Waals surface area contributed by atoms with Crippen molar-refractivity contribution in [1.82, 2.24) is 0 Å². The van der Waals surface area contributed by atoms with Gasteiger partial charge in [-0.15, -0.1) is 0 Å². The molecule has 0 heterocycles. The molecule has 19 heavy (non-hydrogen) atoms. The van der Waals surface area contributed by atoms with Crippen molar-refractivity contribution >= 4 is 15.9 Å². The summed E-state index contributed by atoms with van der Waals surface area (Å²) in [5.74, 6) is 0.840. The topological polar surface area (TPSA) is 29.5 Å². The highest BCUT2D eigenvalue weighted by Crippen LogP contribution is 2.26. The minimum absolute atomic E-state index is 0.431. The van der Waals surface area contributed by atoms with E-state index in [1.165, 1.54) is 0 Å². The standard InChI is InChI=1S/C16H17BrO2/c1-19-14-8-9-15(17)13(11-14)7-10-16(18)12-5-3-2-4-6-12/h2-6,8-9,11,16,18H,7,10H2,1H3. The number of ether oxygens (including phenoxy) is 1. The number of hydrogen-bond acceptors (Lipinski definition) is 2. The molecule has 0 saturated heterocycles. The molecule has 0 amide bonds. The Bertz CT molecular complexity index is 526. The Hall–Kier alpha value is -1.32. The van der Waals surface area contributed by atoms with Crippen molar-refractivity contribution in [1.29, 1.82) is 0 Å². The zero-order valence-corrected chi connectivity index (χ0v) is 12.4. The summed E-state index contributed by atoms with van der Waals surface area (Å²) in [7, 11) is 1.66. The zero-order valence-electron chi connectivity index (χ0n) is 10.8. The molecule has 100 valence electrons. The highest BCUT2D eigenvalue weighted by Gasteiger charge is 2.09. The van der Waals surface area contributed by atoms with E-state index in [2.05, 4.69) is 15.9 Å². The molecule has 1 N–H and O–H groups in total. The van der Waals surface area contributed by atoms with Crippen LogP contribution in [0.1, 0.15) is 23.7 Å². The number of halogens is 1. The molecule has 2 aromatic carbocycles. The van der Waals surface area contributed by atoms with E-state index in [0.29, 0.717) is 6.42 Å². The molecule has 1 atom stereocenters. The number of methoxy groups -OCH3 is 1. The summed E-state index contributed by atoms with van der Waals surface area (Å²) in [6.07, 6.45) is 1.06. The molecule has 2 nitrogen and oxygen atoms in total. The first-order valence-corrected chi connectivity index (χ1v) is 7.05. The van der Waals surface area contributed by atoms with Crippen LogP contribution in [0.2, 0.25) is 0 Å². The van der Waals surface area contributed by atoms with E-state index in [1.807, 2.05) is 48.5 Å². The molecule has 0 aromatic heterocycles. The molecule has 2 rings (SSSR count). The second kappa shape index (κ2) is 6.73. The van der Waals surface area contributed by atoms with E-state index in [0.717, 1.165) is 27.8 Å². The van der Waals surface area contributed by atoms with Crippen LogP contribution in [0.25, 0.3) is 0 Å². The van der Waals surface area contributed by atoms with Crippen LogP contribution in [0, 0.1) is 0 Å².